The van der Waals surface area contributed by atoms with E-state index in [1.807, 2.05) is 24.3 Å². The normalized spacial score (nSPS) is 20.8. The Bertz CT molecular complexity index is 640. The summed E-state index contributed by atoms with van der Waals surface area (Å²) in [6.45, 7) is 4.43. The molecule has 0 radical (unpaired) electrons. The van der Waals surface area contributed by atoms with Gasteiger partial charge in [0.1, 0.15) is 0 Å². The van der Waals surface area contributed by atoms with Gasteiger partial charge in [0.15, 0.2) is 0 Å². The number of fused-ring (bicyclic) bond motifs is 1. The van der Waals surface area contributed by atoms with E-state index in [2.05, 4.69) is 56.5 Å². The fourth-order valence-corrected chi connectivity index (χ4v) is 4.44. The van der Waals surface area contributed by atoms with Crippen molar-refractivity contribution in [3.63, 3.8) is 0 Å². The molecule has 1 aliphatic carbocycles. The number of hydrogen-bond acceptors (Lipinski definition) is 1. The van der Waals surface area contributed by atoms with Crippen LogP contribution in [0.4, 0.5) is 0 Å². The number of aliphatic hydroxyl groups is 1. The molecular weight excluding hydrogens is 382 g/mol. The van der Waals surface area contributed by atoms with Gasteiger partial charge in [-0.05, 0) is 68.3 Å². The van der Waals surface area contributed by atoms with Crippen molar-refractivity contribution in [1.82, 2.24) is 4.57 Å². The second kappa shape index (κ2) is 5.00. The molecule has 1 heterocycles. The molecule has 2 aromatic rings. The third-order valence-corrected chi connectivity index (χ3v) is 5.24. The molecule has 1 unspecified atom stereocenters. The van der Waals surface area contributed by atoms with E-state index in [0.29, 0.717) is 0 Å². The zero-order valence-electron chi connectivity index (χ0n) is 11.5. The van der Waals surface area contributed by atoms with E-state index >= 15 is 0 Å². The van der Waals surface area contributed by atoms with Gasteiger partial charge in [-0.3, -0.25) is 0 Å². The van der Waals surface area contributed by atoms with Gasteiger partial charge in [0.05, 0.1) is 11.8 Å². The molecule has 2 nitrogen and oxygen atoms in total. The lowest BCUT2D eigenvalue weighted by Crippen LogP contribution is -2.26. The van der Waals surface area contributed by atoms with Crippen LogP contribution in [0.5, 0.6) is 0 Å². The van der Waals surface area contributed by atoms with Gasteiger partial charge in [-0.2, -0.15) is 0 Å². The Morgan fingerprint density at radius 3 is 2.50 bits per heavy atom. The minimum Gasteiger partial charge on any atom is -0.388 e. The van der Waals surface area contributed by atoms with Gasteiger partial charge in [-0.25, -0.2) is 0 Å². The van der Waals surface area contributed by atoms with Crippen molar-refractivity contribution >= 4 is 31.9 Å². The zero-order chi connectivity index (χ0) is 14.5. The van der Waals surface area contributed by atoms with Crippen LogP contribution in [0, 0.1) is 5.41 Å². The van der Waals surface area contributed by atoms with E-state index < -0.39 is 0 Å². The van der Waals surface area contributed by atoms with Crippen LogP contribution in [0.25, 0.3) is 5.69 Å². The molecule has 20 heavy (non-hydrogen) atoms. The van der Waals surface area contributed by atoms with Crippen molar-refractivity contribution in [2.75, 3.05) is 0 Å². The molecule has 0 saturated heterocycles. The van der Waals surface area contributed by atoms with Crippen molar-refractivity contribution in [2.45, 2.75) is 32.8 Å². The summed E-state index contributed by atoms with van der Waals surface area (Å²) in [6.07, 6.45) is 3.48. The number of benzene rings is 1. The van der Waals surface area contributed by atoms with E-state index in [1.54, 1.807) is 0 Å². The Balaban J connectivity index is 2.19. The van der Waals surface area contributed by atoms with Crippen LogP contribution in [-0.2, 0) is 6.42 Å². The molecule has 1 aromatic carbocycles. The minimum absolute atomic E-state index is 0.121. The number of halogens is 2. The molecule has 0 aliphatic heterocycles. The lowest BCUT2D eigenvalue weighted by Gasteiger charge is -2.34. The second-order valence-electron chi connectivity index (χ2n) is 6.22. The third-order valence-electron chi connectivity index (χ3n) is 3.96. The lowest BCUT2D eigenvalue weighted by atomic mass is 9.75. The molecule has 0 amide bonds. The molecule has 106 valence electrons. The molecule has 1 aromatic heterocycles. The summed E-state index contributed by atoms with van der Waals surface area (Å²) in [7, 11) is 0. The summed E-state index contributed by atoms with van der Waals surface area (Å²) in [5.41, 5.74) is 3.49. The highest BCUT2D eigenvalue weighted by molar-refractivity contribution is 9.11. The molecule has 0 fully saturated rings. The Morgan fingerprint density at radius 1 is 1.20 bits per heavy atom. The van der Waals surface area contributed by atoms with Crippen LogP contribution >= 0.6 is 31.9 Å². The molecular formula is C16H17Br2NO. The summed E-state index contributed by atoms with van der Waals surface area (Å²) >= 11 is 7.25. The highest BCUT2D eigenvalue weighted by atomic mass is 79.9. The van der Waals surface area contributed by atoms with E-state index in [4.69, 9.17) is 0 Å². The van der Waals surface area contributed by atoms with E-state index in [0.717, 1.165) is 33.0 Å². The molecule has 1 N–H and O–H groups in total. The Hall–Kier alpha value is -0.580. The first-order chi connectivity index (χ1) is 9.39. The third kappa shape index (κ3) is 2.38. The topological polar surface area (TPSA) is 25.2 Å². The fraction of sp³-hybridized carbons (Fsp3) is 0.375. The van der Waals surface area contributed by atoms with Gasteiger partial charge in [0, 0.05) is 26.4 Å². The Morgan fingerprint density at radius 2 is 1.85 bits per heavy atom. The first-order valence-corrected chi connectivity index (χ1v) is 8.30. The van der Waals surface area contributed by atoms with Crippen LogP contribution in [-0.4, -0.2) is 9.67 Å². The molecule has 1 aliphatic rings. The van der Waals surface area contributed by atoms with Gasteiger partial charge in [-0.15, -0.1) is 0 Å². The largest absolute Gasteiger partial charge is 0.388 e. The van der Waals surface area contributed by atoms with E-state index in [-0.39, 0.29) is 11.5 Å². The summed E-state index contributed by atoms with van der Waals surface area (Å²) in [5, 5.41) is 10.4. The quantitative estimate of drug-likeness (QED) is 0.717. The molecule has 3 rings (SSSR count). The average Bonchev–Trinajstić information content (AvgIpc) is 2.71. The maximum absolute atomic E-state index is 10.4. The molecule has 1 atom stereocenters. The van der Waals surface area contributed by atoms with Gasteiger partial charge in [0.2, 0.25) is 0 Å². The van der Waals surface area contributed by atoms with Crippen LogP contribution in [0.15, 0.2) is 39.4 Å². The van der Waals surface area contributed by atoms with Crippen molar-refractivity contribution in [1.29, 1.82) is 0 Å². The van der Waals surface area contributed by atoms with Gasteiger partial charge in [-0.1, -0.05) is 19.9 Å². The summed E-state index contributed by atoms with van der Waals surface area (Å²) < 4.78 is 4.28. The van der Waals surface area contributed by atoms with E-state index in [1.165, 1.54) is 5.69 Å². The molecule has 0 spiro atoms. The first-order valence-electron chi connectivity index (χ1n) is 6.72. The predicted molar refractivity (Wildman–Crippen MR) is 88.2 cm³/mol. The van der Waals surface area contributed by atoms with Crippen LogP contribution in [0.2, 0.25) is 0 Å². The van der Waals surface area contributed by atoms with Gasteiger partial charge >= 0.3 is 0 Å². The smallest absolute Gasteiger partial charge is 0.0812 e. The lowest BCUT2D eigenvalue weighted by molar-refractivity contribution is 0.0987. The van der Waals surface area contributed by atoms with E-state index in [9.17, 15) is 5.11 Å². The summed E-state index contributed by atoms with van der Waals surface area (Å²) in [4.78, 5) is 0. The number of aliphatic hydroxyl groups excluding tert-OH is 1. The summed E-state index contributed by atoms with van der Waals surface area (Å²) in [6, 6.07) is 8.13. The molecule has 0 bridgehead atoms. The Kier molecular flexibility index (Phi) is 3.59. The molecule has 0 saturated carbocycles. The monoisotopic (exact) mass is 397 g/mol. The van der Waals surface area contributed by atoms with Crippen LogP contribution < -0.4 is 0 Å². The predicted octanol–water partition coefficient (Wildman–Crippen LogP) is 5.01. The summed E-state index contributed by atoms with van der Waals surface area (Å²) in [5.74, 6) is 0. The maximum atomic E-state index is 10.4. The van der Waals surface area contributed by atoms with Gasteiger partial charge < -0.3 is 9.67 Å². The maximum Gasteiger partial charge on any atom is 0.0812 e. The number of hydrogen-bond donors (Lipinski definition) is 1. The highest BCUT2D eigenvalue weighted by Gasteiger charge is 2.33. The highest BCUT2D eigenvalue weighted by Crippen LogP contribution is 2.43. The first kappa shape index (κ1) is 14.4. The fourth-order valence-electron chi connectivity index (χ4n) is 3.06. The average molecular weight is 399 g/mol. The SMILES string of the molecule is CC1(C)Cc2c(ccn2-c2c(Br)cccc2Br)C(O)C1. The van der Waals surface area contributed by atoms with Crippen molar-refractivity contribution in [3.05, 3.63) is 50.7 Å². The number of nitrogens with zero attached hydrogens (tertiary/aromatic N) is 1. The van der Waals surface area contributed by atoms with Gasteiger partial charge in [0.25, 0.3) is 0 Å². The van der Waals surface area contributed by atoms with Crippen LogP contribution in [0.3, 0.4) is 0 Å². The Labute approximate surface area is 136 Å². The number of rotatable bonds is 1. The minimum atomic E-state index is -0.365. The number of aromatic nitrogens is 1. The van der Waals surface area contributed by atoms with Crippen molar-refractivity contribution in [2.24, 2.45) is 5.41 Å². The zero-order valence-corrected chi connectivity index (χ0v) is 14.7. The molecule has 4 heteroatoms. The van der Waals surface area contributed by atoms with Crippen LogP contribution in [0.1, 0.15) is 37.6 Å². The second-order valence-corrected chi connectivity index (χ2v) is 7.93. The van der Waals surface area contributed by atoms with Crippen molar-refractivity contribution < 1.29 is 5.11 Å². The van der Waals surface area contributed by atoms with Crippen molar-refractivity contribution in [3.8, 4) is 5.69 Å². The number of para-hydroxylation sites is 1. The standard InChI is InChI=1S/C16H17Br2NO/c1-16(2)8-13-10(14(20)9-16)6-7-19(13)15-11(17)4-3-5-12(15)18/h3-7,14,20H,8-9H2,1-2H3.